The summed E-state index contributed by atoms with van der Waals surface area (Å²) in [5, 5.41) is 11.5. The highest BCUT2D eigenvalue weighted by Gasteiger charge is 2.48. The zero-order valence-electron chi connectivity index (χ0n) is 15.9. The van der Waals surface area contributed by atoms with Crippen molar-refractivity contribution in [3.63, 3.8) is 0 Å². The van der Waals surface area contributed by atoms with Crippen LogP contribution in [0, 0.1) is 12.8 Å². The predicted octanol–water partition coefficient (Wildman–Crippen LogP) is 1.85. The van der Waals surface area contributed by atoms with Gasteiger partial charge in [-0.05, 0) is 39.5 Å². The third-order valence-corrected chi connectivity index (χ3v) is 6.00. The van der Waals surface area contributed by atoms with Crippen LogP contribution < -0.4 is 16.0 Å². The molecule has 3 heterocycles. The number of hydrogen-bond acceptors (Lipinski definition) is 5. The van der Waals surface area contributed by atoms with Gasteiger partial charge in [-0.3, -0.25) is 10.1 Å². The number of thiazole rings is 1. The van der Waals surface area contributed by atoms with Gasteiger partial charge < -0.3 is 15.5 Å². The number of aryl methyl sites for hydroxylation is 1. The maximum absolute atomic E-state index is 12.1. The summed E-state index contributed by atoms with van der Waals surface area (Å²) in [4.78, 5) is 35.0. The molecule has 3 amide bonds. The molecule has 1 aromatic rings. The van der Waals surface area contributed by atoms with Crippen molar-refractivity contribution in [2.75, 3.05) is 19.6 Å². The van der Waals surface area contributed by atoms with Crippen LogP contribution in [0.2, 0.25) is 0 Å². The molecule has 2 fully saturated rings. The number of nitrogens with one attached hydrogen (secondary N) is 3. The zero-order valence-corrected chi connectivity index (χ0v) is 19.0. The van der Waals surface area contributed by atoms with Gasteiger partial charge in [0.25, 0.3) is 5.91 Å². The molecular weight excluding hydrogens is 479 g/mol. The van der Waals surface area contributed by atoms with Gasteiger partial charge in [-0.25, -0.2) is 14.8 Å². The number of likely N-dealkylation sites (tertiary alicyclic amines) is 1. The Balaban J connectivity index is 0.00000261. The molecule has 0 radical (unpaired) electrons. The van der Waals surface area contributed by atoms with Gasteiger partial charge in [-0.15, -0.1) is 35.3 Å². The molecule has 1 unspecified atom stereocenters. The summed E-state index contributed by atoms with van der Waals surface area (Å²) in [6.45, 7) is 8.81. The van der Waals surface area contributed by atoms with Crippen molar-refractivity contribution in [3.8, 4) is 0 Å². The molecule has 2 aliphatic rings. The van der Waals surface area contributed by atoms with E-state index in [0.717, 1.165) is 49.1 Å². The minimum absolute atomic E-state index is 0. The molecule has 0 aliphatic carbocycles. The topological polar surface area (TPSA) is 98.7 Å². The van der Waals surface area contributed by atoms with Crippen molar-refractivity contribution in [2.24, 2.45) is 10.9 Å². The van der Waals surface area contributed by atoms with Crippen molar-refractivity contribution < 1.29 is 9.59 Å². The van der Waals surface area contributed by atoms with E-state index >= 15 is 0 Å². The van der Waals surface area contributed by atoms with E-state index in [9.17, 15) is 9.59 Å². The Morgan fingerprint density at radius 3 is 2.67 bits per heavy atom. The van der Waals surface area contributed by atoms with Crippen LogP contribution in [0.1, 0.15) is 37.4 Å². The van der Waals surface area contributed by atoms with E-state index in [1.807, 2.05) is 19.2 Å². The van der Waals surface area contributed by atoms with Crippen LogP contribution in [0.4, 0.5) is 4.79 Å². The largest absolute Gasteiger partial charge is 0.357 e. The summed E-state index contributed by atoms with van der Waals surface area (Å²) in [6.07, 6.45) is 1.65. The molecule has 0 saturated carbocycles. The van der Waals surface area contributed by atoms with Gasteiger partial charge in [0.2, 0.25) is 0 Å². The molecule has 1 atom stereocenters. The predicted molar refractivity (Wildman–Crippen MR) is 116 cm³/mol. The Morgan fingerprint density at radius 1 is 1.44 bits per heavy atom. The Hall–Kier alpha value is -1.43. The first kappa shape index (κ1) is 21.9. The number of aliphatic imine (C=N–C) groups is 1. The second kappa shape index (κ2) is 9.18. The Kier molecular flexibility index (Phi) is 7.43. The van der Waals surface area contributed by atoms with Crippen molar-refractivity contribution in [1.29, 1.82) is 0 Å². The summed E-state index contributed by atoms with van der Waals surface area (Å²) in [6, 6.07) is -0.395. The van der Waals surface area contributed by atoms with Gasteiger partial charge in [0, 0.05) is 30.7 Å². The number of guanidine groups is 1. The maximum atomic E-state index is 12.1. The van der Waals surface area contributed by atoms with Crippen molar-refractivity contribution in [2.45, 2.75) is 45.7 Å². The SMILES string of the molecule is CCNC(=NCc1nc(C)cs1)N1CCC(C2(C)NC(=O)NC2=O)CC1.I. The van der Waals surface area contributed by atoms with Gasteiger partial charge in [-0.2, -0.15) is 0 Å². The van der Waals surface area contributed by atoms with E-state index in [2.05, 4.69) is 32.8 Å². The van der Waals surface area contributed by atoms with Crippen LogP contribution in [0.5, 0.6) is 0 Å². The number of carbonyl (C=O) groups excluding carboxylic acids is 2. The van der Waals surface area contributed by atoms with Gasteiger partial charge >= 0.3 is 6.03 Å². The first-order valence-corrected chi connectivity index (χ1v) is 9.88. The van der Waals surface area contributed by atoms with Gasteiger partial charge in [-0.1, -0.05) is 0 Å². The van der Waals surface area contributed by atoms with E-state index in [1.165, 1.54) is 0 Å². The van der Waals surface area contributed by atoms with E-state index in [0.29, 0.717) is 6.54 Å². The number of carbonyl (C=O) groups is 2. The third-order valence-electron chi connectivity index (χ3n) is 5.05. The fourth-order valence-corrected chi connectivity index (χ4v) is 4.25. The van der Waals surface area contributed by atoms with Crippen LogP contribution in [-0.2, 0) is 11.3 Å². The standard InChI is InChI=1S/C17H26N6O2S.HI/c1-4-18-15(19-9-13-20-11(2)10-26-13)23-7-5-12(6-8-23)17(3)14(24)21-16(25)22-17;/h10,12H,4-9H2,1-3H3,(H,18,19)(H2,21,22,24,25);1H. The lowest BCUT2D eigenvalue weighted by Crippen LogP contribution is -2.55. The molecule has 10 heteroatoms. The quantitative estimate of drug-likeness (QED) is 0.251. The van der Waals surface area contributed by atoms with Crippen LogP contribution in [0.25, 0.3) is 0 Å². The highest BCUT2D eigenvalue weighted by molar-refractivity contribution is 14.0. The number of imide groups is 1. The molecule has 3 N–H and O–H groups in total. The van der Waals surface area contributed by atoms with E-state index in [4.69, 9.17) is 4.99 Å². The van der Waals surface area contributed by atoms with Crippen LogP contribution >= 0.6 is 35.3 Å². The second-order valence-electron chi connectivity index (χ2n) is 6.92. The molecular formula is C17H27IN6O2S. The molecule has 2 saturated heterocycles. The van der Waals surface area contributed by atoms with E-state index < -0.39 is 11.6 Å². The summed E-state index contributed by atoms with van der Waals surface area (Å²) in [5.74, 6) is 0.777. The number of urea groups is 1. The lowest BCUT2D eigenvalue weighted by molar-refractivity contribution is -0.125. The fourth-order valence-electron chi connectivity index (χ4n) is 3.56. The van der Waals surface area contributed by atoms with Gasteiger partial charge in [0.05, 0.1) is 6.54 Å². The molecule has 1 aromatic heterocycles. The minimum atomic E-state index is -0.808. The number of aromatic nitrogens is 1. The van der Waals surface area contributed by atoms with Crippen molar-refractivity contribution in [1.82, 2.24) is 25.8 Å². The Labute approximate surface area is 180 Å². The normalized spacial score (nSPS) is 23.7. The molecule has 150 valence electrons. The second-order valence-corrected chi connectivity index (χ2v) is 7.87. The molecule has 0 spiro atoms. The summed E-state index contributed by atoms with van der Waals surface area (Å²) < 4.78 is 0. The molecule has 27 heavy (non-hydrogen) atoms. The van der Waals surface area contributed by atoms with Crippen molar-refractivity contribution in [3.05, 3.63) is 16.1 Å². The average molecular weight is 506 g/mol. The lowest BCUT2D eigenvalue weighted by atomic mass is 9.79. The lowest BCUT2D eigenvalue weighted by Gasteiger charge is -2.39. The van der Waals surface area contributed by atoms with Crippen molar-refractivity contribution >= 4 is 53.2 Å². The summed E-state index contributed by atoms with van der Waals surface area (Å²) in [7, 11) is 0. The highest BCUT2D eigenvalue weighted by atomic mass is 127. The molecule has 0 bridgehead atoms. The fraction of sp³-hybridized carbons (Fsp3) is 0.647. The van der Waals surface area contributed by atoms with Gasteiger partial charge in [0.1, 0.15) is 10.5 Å². The van der Waals surface area contributed by atoms with E-state index in [-0.39, 0.29) is 35.8 Å². The number of rotatable bonds is 4. The van der Waals surface area contributed by atoms with Crippen LogP contribution in [0.15, 0.2) is 10.4 Å². The highest BCUT2D eigenvalue weighted by Crippen LogP contribution is 2.30. The summed E-state index contributed by atoms with van der Waals surface area (Å²) >= 11 is 1.62. The molecule has 8 nitrogen and oxygen atoms in total. The monoisotopic (exact) mass is 506 g/mol. The van der Waals surface area contributed by atoms with Gasteiger partial charge in [0.15, 0.2) is 5.96 Å². The minimum Gasteiger partial charge on any atom is -0.357 e. The third kappa shape index (κ3) is 4.89. The molecule has 3 rings (SSSR count). The number of amides is 3. The smallest absolute Gasteiger partial charge is 0.322 e. The van der Waals surface area contributed by atoms with E-state index in [1.54, 1.807) is 11.3 Å². The number of hydrogen-bond donors (Lipinski definition) is 3. The molecule has 2 aliphatic heterocycles. The van der Waals surface area contributed by atoms with Crippen LogP contribution in [0.3, 0.4) is 0 Å². The zero-order chi connectivity index (χ0) is 18.7. The Morgan fingerprint density at radius 2 is 2.15 bits per heavy atom. The first-order valence-electron chi connectivity index (χ1n) is 9.00. The molecule has 0 aromatic carbocycles. The van der Waals surface area contributed by atoms with Crippen LogP contribution in [-0.4, -0.2) is 53.0 Å². The number of halogens is 1. The first-order chi connectivity index (χ1) is 12.4. The average Bonchev–Trinajstić information content (AvgIpc) is 3.14. The maximum Gasteiger partial charge on any atom is 0.322 e. The summed E-state index contributed by atoms with van der Waals surface area (Å²) in [5.41, 5.74) is 0.216. The number of nitrogens with zero attached hydrogens (tertiary/aromatic N) is 3. The Bertz CT molecular complexity index is 716. The number of piperidine rings is 1.